The Bertz CT molecular complexity index is 254. The predicted octanol–water partition coefficient (Wildman–Crippen LogP) is 1.88. The lowest BCUT2D eigenvalue weighted by Gasteiger charge is -2.28. The molecule has 1 aliphatic heterocycles. The molecule has 0 bridgehead atoms. The van der Waals surface area contributed by atoms with Gasteiger partial charge in [-0.3, -0.25) is 0 Å². The van der Waals surface area contributed by atoms with E-state index in [4.69, 9.17) is 0 Å². The van der Waals surface area contributed by atoms with E-state index in [0.717, 1.165) is 51.6 Å². The van der Waals surface area contributed by atoms with Gasteiger partial charge in [0.25, 0.3) is 0 Å². The zero-order valence-electron chi connectivity index (χ0n) is 10.6. The maximum absolute atomic E-state index is 11.8. The van der Waals surface area contributed by atoms with E-state index < -0.39 is 5.60 Å². The fourth-order valence-corrected chi connectivity index (χ4v) is 2.84. The molecular weight excluding hydrogens is 216 g/mol. The second kappa shape index (κ2) is 5.71. The predicted molar refractivity (Wildman–Crippen MR) is 66.9 cm³/mol. The minimum atomic E-state index is -0.661. The highest BCUT2D eigenvalue weighted by atomic mass is 16.3. The van der Waals surface area contributed by atoms with Gasteiger partial charge in [0.2, 0.25) is 0 Å². The van der Waals surface area contributed by atoms with E-state index in [0.29, 0.717) is 6.54 Å². The molecule has 98 valence electrons. The van der Waals surface area contributed by atoms with Crippen LogP contribution in [-0.2, 0) is 0 Å². The summed E-state index contributed by atoms with van der Waals surface area (Å²) in [6.07, 6.45) is 8.45. The van der Waals surface area contributed by atoms with Crippen molar-refractivity contribution in [3.63, 3.8) is 0 Å². The van der Waals surface area contributed by atoms with Gasteiger partial charge < -0.3 is 15.3 Å². The third-order valence-corrected chi connectivity index (χ3v) is 4.00. The van der Waals surface area contributed by atoms with Crippen molar-refractivity contribution in [2.24, 2.45) is 0 Å². The zero-order valence-corrected chi connectivity index (χ0v) is 10.6. The summed E-state index contributed by atoms with van der Waals surface area (Å²) in [5, 5.41) is 13.3. The molecule has 0 unspecified atom stereocenters. The van der Waals surface area contributed by atoms with E-state index in [1.165, 1.54) is 12.8 Å². The van der Waals surface area contributed by atoms with Gasteiger partial charge in [-0.05, 0) is 25.7 Å². The maximum Gasteiger partial charge on any atom is 0.317 e. The molecule has 1 heterocycles. The van der Waals surface area contributed by atoms with Crippen LogP contribution in [0.5, 0.6) is 0 Å². The van der Waals surface area contributed by atoms with Gasteiger partial charge >= 0.3 is 6.03 Å². The molecule has 1 saturated carbocycles. The van der Waals surface area contributed by atoms with Crippen molar-refractivity contribution >= 4 is 6.03 Å². The molecule has 0 aromatic rings. The number of amides is 2. The van der Waals surface area contributed by atoms with Crippen LogP contribution in [0.2, 0.25) is 0 Å². The van der Waals surface area contributed by atoms with Gasteiger partial charge in [0.05, 0.1) is 5.60 Å². The molecular formula is C13H24N2O2. The van der Waals surface area contributed by atoms with Crippen LogP contribution in [-0.4, -0.2) is 41.3 Å². The number of likely N-dealkylation sites (tertiary alicyclic amines) is 1. The third-order valence-electron chi connectivity index (χ3n) is 4.00. The number of carbonyl (C=O) groups excluding carboxylic acids is 1. The van der Waals surface area contributed by atoms with Gasteiger partial charge in [-0.2, -0.15) is 0 Å². The molecule has 2 amide bonds. The van der Waals surface area contributed by atoms with Gasteiger partial charge in [-0.25, -0.2) is 4.79 Å². The average molecular weight is 240 g/mol. The number of aliphatic hydroxyl groups is 1. The molecule has 0 radical (unpaired) electrons. The Morgan fingerprint density at radius 3 is 2.24 bits per heavy atom. The van der Waals surface area contributed by atoms with E-state index in [9.17, 15) is 9.90 Å². The molecule has 0 aromatic heterocycles. The topological polar surface area (TPSA) is 52.6 Å². The Morgan fingerprint density at radius 2 is 1.65 bits per heavy atom. The Balaban J connectivity index is 1.77. The molecule has 4 nitrogen and oxygen atoms in total. The Morgan fingerprint density at radius 1 is 1.06 bits per heavy atom. The van der Waals surface area contributed by atoms with Crippen molar-refractivity contribution in [3.8, 4) is 0 Å². The number of rotatable bonds is 2. The summed E-state index contributed by atoms with van der Waals surface area (Å²) in [5.41, 5.74) is -0.661. The monoisotopic (exact) mass is 240 g/mol. The van der Waals surface area contributed by atoms with Crippen LogP contribution in [0.3, 0.4) is 0 Å². The summed E-state index contributed by atoms with van der Waals surface area (Å²) in [5.74, 6) is 0. The number of nitrogens with one attached hydrogen (secondary N) is 1. The van der Waals surface area contributed by atoms with Crippen LogP contribution >= 0.6 is 0 Å². The van der Waals surface area contributed by atoms with Crippen molar-refractivity contribution in [3.05, 3.63) is 0 Å². The number of carbonyl (C=O) groups is 1. The Kier molecular flexibility index (Phi) is 4.26. The van der Waals surface area contributed by atoms with Gasteiger partial charge in [0.15, 0.2) is 0 Å². The lowest BCUT2D eigenvalue weighted by atomic mass is 9.94. The number of hydrogen-bond acceptors (Lipinski definition) is 2. The zero-order chi connectivity index (χ0) is 12.1. The fraction of sp³-hybridized carbons (Fsp3) is 0.923. The van der Waals surface area contributed by atoms with Crippen molar-refractivity contribution in [1.29, 1.82) is 0 Å². The van der Waals surface area contributed by atoms with Crippen LogP contribution in [0.1, 0.15) is 51.4 Å². The second-order valence-corrected chi connectivity index (χ2v) is 5.49. The summed E-state index contributed by atoms with van der Waals surface area (Å²) in [7, 11) is 0. The molecule has 2 N–H and O–H groups in total. The van der Waals surface area contributed by atoms with Crippen LogP contribution in [0.25, 0.3) is 0 Å². The lowest BCUT2D eigenvalue weighted by Crippen LogP contribution is -2.47. The van der Waals surface area contributed by atoms with E-state index in [1.54, 1.807) is 0 Å². The first-order valence-corrected chi connectivity index (χ1v) is 6.95. The molecule has 1 saturated heterocycles. The molecule has 2 rings (SSSR count). The van der Waals surface area contributed by atoms with E-state index >= 15 is 0 Å². The summed E-state index contributed by atoms with van der Waals surface area (Å²) < 4.78 is 0. The second-order valence-electron chi connectivity index (χ2n) is 5.49. The Hall–Kier alpha value is -0.770. The smallest absolute Gasteiger partial charge is 0.317 e. The highest BCUT2D eigenvalue weighted by Gasteiger charge is 2.29. The van der Waals surface area contributed by atoms with Crippen LogP contribution in [0, 0.1) is 0 Å². The van der Waals surface area contributed by atoms with E-state index in [2.05, 4.69) is 5.32 Å². The standard InChI is InChI=1S/C13H24N2O2/c16-12(15-9-5-6-10-15)14-11-13(17)7-3-1-2-4-8-13/h17H,1-11H2,(H,14,16). The van der Waals surface area contributed by atoms with Gasteiger partial charge in [0.1, 0.15) is 0 Å². The molecule has 0 aromatic carbocycles. The first-order valence-electron chi connectivity index (χ1n) is 6.95. The molecule has 0 spiro atoms. The third kappa shape index (κ3) is 3.60. The van der Waals surface area contributed by atoms with Crippen molar-refractivity contribution in [1.82, 2.24) is 10.2 Å². The highest BCUT2D eigenvalue weighted by Crippen LogP contribution is 2.26. The Labute approximate surface area is 103 Å². The van der Waals surface area contributed by atoms with E-state index in [-0.39, 0.29) is 6.03 Å². The van der Waals surface area contributed by atoms with Crippen molar-refractivity contribution in [2.45, 2.75) is 57.0 Å². The first kappa shape index (κ1) is 12.7. The van der Waals surface area contributed by atoms with Crippen LogP contribution in [0.4, 0.5) is 4.79 Å². The summed E-state index contributed by atoms with van der Waals surface area (Å²) >= 11 is 0. The normalized spacial score (nSPS) is 24.4. The first-order chi connectivity index (χ1) is 8.20. The minimum absolute atomic E-state index is 0.000159. The molecule has 4 heteroatoms. The molecule has 0 atom stereocenters. The maximum atomic E-state index is 11.8. The number of hydrogen-bond donors (Lipinski definition) is 2. The van der Waals surface area contributed by atoms with Crippen molar-refractivity contribution < 1.29 is 9.90 Å². The molecule has 2 aliphatic rings. The summed E-state index contributed by atoms with van der Waals surface area (Å²) in [6, 6.07) is 0.000159. The SMILES string of the molecule is O=C(NCC1(O)CCCCCC1)N1CCCC1. The average Bonchev–Trinajstić information content (AvgIpc) is 2.77. The number of urea groups is 1. The van der Waals surface area contributed by atoms with Gasteiger partial charge in [-0.1, -0.05) is 25.7 Å². The largest absolute Gasteiger partial charge is 0.388 e. The van der Waals surface area contributed by atoms with E-state index in [1.807, 2.05) is 4.90 Å². The molecule has 2 fully saturated rings. The summed E-state index contributed by atoms with van der Waals surface area (Å²) in [6.45, 7) is 2.15. The van der Waals surface area contributed by atoms with Crippen LogP contribution in [0.15, 0.2) is 0 Å². The van der Waals surface area contributed by atoms with Crippen molar-refractivity contribution in [2.75, 3.05) is 19.6 Å². The number of nitrogens with zero attached hydrogens (tertiary/aromatic N) is 1. The quantitative estimate of drug-likeness (QED) is 0.724. The molecule has 1 aliphatic carbocycles. The highest BCUT2D eigenvalue weighted by molar-refractivity contribution is 5.74. The minimum Gasteiger partial charge on any atom is -0.388 e. The van der Waals surface area contributed by atoms with Crippen LogP contribution < -0.4 is 5.32 Å². The summed E-state index contributed by atoms with van der Waals surface area (Å²) in [4.78, 5) is 13.7. The lowest BCUT2D eigenvalue weighted by molar-refractivity contribution is 0.0266. The van der Waals surface area contributed by atoms with Gasteiger partial charge in [0, 0.05) is 19.6 Å². The molecule has 17 heavy (non-hydrogen) atoms. The van der Waals surface area contributed by atoms with Gasteiger partial charge in [-0.15, -0.1) is 0 Å². The fourth-order valence-electron chi connectivity index (χ4n) is 2.84.